The third kappa shape index (κ3) is 194. The summed E-state index contributed by atoms with van der Waals surface area (Å²) in [4.78, 5) is 0. The van der Waals surface area contributed by atoms with E-state index in [0.717, 1.165) is 0 Å². The quantitative estimate of drug-likeness (QED) is 0.322. The van der Waals surface area contributed by atoms with Gasteiger partial charge >= 0.3 is 0 Å². The molecular weight excluding hydrogens is 775 g/mol. The maximum atomic E-state index is 0. The van der Waals surface area contributed by atoms with Crippen LogP contribution in [-0.4, -0.2) is 0 Å². The van der Waals surface area contributed by atoms with E-state index < -0.39 is 0 Å². The Balaban J connectivity index is 0. The van der Waals surface area contributed by atoms with Gasteiger partial charge in [-0.2, -0.15) is 121 Å². The van der Waals surface area contributed by atoms with E-state index >= 15 is 0 Å². The number of hydrogen-bond acceptors (Lipinski definition) is 0. The van der Waals surface area contributed by atoms with E-state index in [2.05, 4.69) is 0 Å². The molecule has 0 N–H and O–H groups in total. The Labute approximate surface area is 257 Å². The molecule has 0 nitrogen and oxygen atoms in total. The molecule has 0 aromatic heterocycles. The molecule has 0 radical (unpaired) electrons. The third-order valence-electron chi connectivity index (χ3n) is 0. The molecule has 0 heterocycles. The first-order valence-electron chi connectivity index (χ1n) is 0. The second kappa shape index (κ2) is 212. The fourth-order valence-electron chi connectivity index (χ4n) is 0. The second-order valence-electron chi connectivity index (χ2n) is 0. The summed E-state index contributed by atoms with van der Waals surface area (Å²) >= 11 is 0. The van der Waals surface area contributed by atoms with Gasteiger partial charge in [0.1, 0.15) is 0 Å². The van der Waals surface area contributed by atoms with Gasteiger partial charge in [-0.3, -0.25) is 0 Å². The summed E-state index contributed by atoms with van der Waals surface area (Å²) in [6.45, 7) is 0. The van der Waals surface area contributed by atoms with E-state index in [9.17, 15) is 0 Å². The van der Waals surface area contributed by atoms with E-state index in [-0.39, 0.29) is 262 Å². The summed E-state index contributed by atoms with van der Waals surface area (Å²) in [6, 6.07) is 0. The Hall–Kier alpha value is 7.47. The van der Waals surface area contributed by atoms with Crippen molar-refractivity contribution in [3.05, 3.63) is 0 Å². The molecule has 0 unspecified atom stereocenters. The molecule has 0 fully saturated rings. The maximum absolute atomic E-state index is 0. The van der Waals surface area contributed by atoms with Crippen LogP contribution in [0.15, 0.2) is 0 Å². The molecule has 0 bridgehead atoms. The summed E-state index contributed by atoms with van der Waals surface area (Å²) in [6.07, 6.45) is 0. The van der Waals surface area contributed by atoms with Crippen LogP contribution in [0.3, 0.4) is 0 Å². The topological polar surface area (TPSA) is 0 Å². The average Bonchev–Trinajstić information content (AvgIpc) is 0. The van der Waals surface area contributed by atoms with Gasteiger partial charge in [-0.05, 0) is 0 Å². The molecule has 0 spiro atoms. The van der Waals surface area contributed by atoms with Gasteiger partial charge < -0.3 is 0 Å². The van der Waals surface area contributed by atoms with Crippen LogP contribution in [0.2, 0.25) is 0 Å². The summed E-state index contributed by atoms with van der Waals surface area (Å²) < 4.78 is 0. The van der Waals surface area contributed by atoms with Crippen molar-refractivity contribution in [1.82, 2.24) is 0 Å². The first-order chi connectivity index (χ1) is 0. The van der Waals surface area contributed by atoms with Crippen molar-refractivity contribution in [2.75, 3.05) is 0 Å². The van der Waals surface area contributed by atoms with Crippen LogP contribution in [0.5, 0.6) is 0 Å². The normalized spacial score (nSPS) is 0. The minimum absolute atomic E-state index is 0. The molecule has 0 aromatic rings. The Morgan fingerprint density at radius 3 is 0.176 bits per heavy atom. The van der Waals surface area contributed by atoms with Gasteiger partial charge in [0.25, 0.3) is 0 Å². The number of rotatable bonds is 0. The first-order valence-corrected chi connectivity index (χ1v) is 0. The van der Waals surface area contributed by atoms with Gasteiger partial charge in [0.05, 0.1) is 0 Å². The van der Waals surface area contributed by atoms with E-state index in [1.807, 2.05) is 0 Å². The van der Waals surface area contributed by atoms with E-state index in [1.165, 1.54) is 0 Å². The standard InChI is InChI=1S/7Fe.Mo.9H2S/h;;;;;;;;9*1H2. The summed E-state index contributed by atoms with van der Waals surface area (Å²) in [7, 11) is 0. The van der Waals surface area contributed by atoms with Gasteiger partial charge in [-0.1, -0.05) is 0 Å². The van der Waals surface area contributed by atoms with Crippen LogP contribution in [0.1, 0.15) is 0 Å². The molecular formula is H18Fe7MoS9. The molecule has 0 aliphatic carbocycles. The molecule has 0 amide bonds. The van der Waals surface area contributed by atoms with Crippen LogP contribution in [-0.2, 0) is 141 Å². The fraction of sp³-hybridized carbons (Fsp3) is 0. The molecule has 17 heavy (non-hydrogen) atoms. The van der Waals surface area contributed by atoms with Crippen molar-refractivity contribution in [3.8, 4) is 0 Å². The maximum Gasteiger partial charge on any atom is 0 e. The monoisotopic (exact) mass is 795 g/mol. The average molecular weight is 794 g/mol. The van der Waals surface area contributed by atoms with Gasteiger partial charge in [0.2, 0.25) is 0 Å². The largest absolute Gasteiger partial charge is 0.197 e. The fourth-order valence-corrected chi connectivity index (χ4v) is 0. The van der Waals surface area contributed by atoms with Gasteiger partial charge in [0.15, 0.2) is 0 Å². The zero-order valence-corrected chi connectivity index (χ0v) is 26.1. The Morgan fingerprint density at radius 1 is 0.176 bits per heavy atom. The van der Waals surface area contributed by atoms with Crippen LogP contribution in [0.25, 0.3) is 0 Å². The Bertz CT molecular complexity index is 21.3. The summed E-state index contributed by atoms with van der Waals surface area (Å²) in [5.41, 5.74) is 0. The predicted octanol–water partition coefficient (Wildman–Crippen LogP) is 0.995. The smallest absolute Gasteiger partial charge is 0 e. The van der Waals surface area contributed by atoms with Crippen molar-refractivity contribution in [2.24, 2.45) is 0 Å². The molecule has 0 aromatic carbocycles. The minimum atomic E-state index is 0. The van der Waals surface area contributed by atoms with E-state index in [4.69, 9.17) is 0 Å². The third-order valence-corrected chi connectivity index (χ3v) is 0. The van der Waals surface area contributed by atoms with Crippen molar-refractivity contribution in [3.63, 3.8) is 0 Å². The van der Waals surface area contributed by atoms with Crippen LogP contribution in [0.4, 0.5) is 0 Å². The molecule has 134 valence electrons. The predicted molar refractivity (Wildman–Crippen MR) is 93.4 cm³/mol. The van der Waals surface area contributed by atoms with Crippen LogP contribution < -0.4 is 0 Å². The Kier molecular flexibility index (Phi) is 3010. The Morgan fingerprint density at radius 2 is 0.176 bits per heavy atom. The van der Waals surface area contributed by atoms with Crippen LogP contribution >= 0.6 is 121 Å². The van der Waals surface area contributed by atoms with Gasteiger partial charge in [-0.25, -0.2) is 0 Å². The second-order valence-corrected chi connectivity index (χ2v) is 0. The van der Waals surface area contributed by atoms with E-state index in [0.29, 0.717) is 0 Å². The summed E-state index contributed by atoms with van der Waals surface area (Å²) in [5, 5.41) is 0. The van der Waals surface area contributed by atoms with Crippen molar-refractivity contribution in [2.45, 2.75) is 0 Å². The molecule has 17 heteroatoms. The van der Waals surface area contributed by atoms with Crippen molar-refractivity contribution in [1.29, 1.82) is 0 Å². The summed E-state index contributed by atoms with van der Waals surface area (Å²) in [5.74, 6) is 0. The molecule has 0 saturated carbocycles. The first kappa shape index (κ1) is 241. The zero-order valence-electron chi connectivity index (χ0n) is 7.38. The van der Waals surface area contributed by atoms with Crippen molar-refractivity contribution < 1.29 is 141 Å². The molecule has 0 rings (SSSR count). The molecule has 0 atom stereocenters. The van der Waals surface area contributed by atoms with E-state index in [1.54, 1.807) is 0 Å². The van der Waals surface area contributed by atoms with Gasteiger partial charge in [0, 0.05) is 141 Å². The minimum Gasteiger partial charge on any atom is -0.197 e. The molecule has 0 aliphatic rings. The van der Waals surface area contributed by atoms with Crippen molar-refractivity contribution >= 4 is 121 Å². The number of hydrogen-bond donors (Lipinski definition) is 0. The molecule has 0 saturated heterocycles. The van der Waals surface area contributed by atoms with Crippen LogP contribution in [0, 0.1) is 0 Å². The SMILES string of the molecule is S.S.S.S.S.S.S.S.S.[Fe].[Fe].[Fe].[Fe].[Fe].[Fe].[Fe].[Mo]. The molecule has 0 aliphatic heterocycles. The van der Waals surface area contributed by atoms with Gasteiger partial charge in [-0.15, -0.1) is 0 Å². The zero-order chi connectivity index (χ0) is 0.